The Bertz CT molecular complexity index is 1250. The summed E-state index contributed by atoms with van der Waals surface area (Å²) in [4.78, 5) is 19.8. The van der Waals surface area contributed by atoms with E-state index in [1.807, 2.05) is 73.7 Å². The summed E-state index contributed by atoms with van der Waals surface area (Å²) >= 11 is 1.39. The maximum absolute atomic E-state index is 12.7. The number of carbonyl (C=O) groups excluding carboxylic acids is 1. The van der Waals surface area contributed by atoms with Gasteiger partial charge in [0.25, 0.3) is 5.91 Å². The van der Waals surface area contributed by atoms with E-state index in [1.165, 1.54) is 11.8 Å². The lowest BCUT2D eigenvalue weighted by molar-refractivity contribution is -0.113. The van der Waals surface area contributed by atoms with Gasteiger partial charge in [0.2, 0.25) is 0 Å². The molecular formula is C27H24N4OS. The highest BCUT2D eigenvalue weighted by Crippen LogP contribution is 2.39. The maximum Gasteiger partial charge on any atom is 0.286 e. The molecule has 2 aliphatic rings. The van der Waals surface area contributed by atoms with Crippen molar-refractivity contribution in [3.05, 3.63) is 107 Å². The number of aliphatic imine (C=N–C) groups is 1. The van der Waals surface area contributed by atoms with E-state index in [9.17, 15) is 4.79 Å². The monoisotopic (exact) mass is 452 g/mol. The Morgan fingerprint density at radius 1 is 0.939 bits per heavy atom. The molecule has 2 heterocycles. The third-order valence-corrected chi connectivity index (χ3v) is 6.69. The topological polar surface area (TPSA) is 48.3 Å². The van der Waals surface area contributed by atoms with Crippen LogP contribution in [0.3, 0.4) is 0 Å². The van der Waals surface area contributed by atoms with Crippen molar-refractivity contribution >= 4 is 40.3 Å². The zero-order valence-corrected chi connectivity index (χ0v) is 19.4. The fourth-order valence-corrected chi connectivity index (χ4v) is 4.86. The van der Waals surface area contributed by atoms with Gasteiger partial charge in [0.1, 0.15) is 0 Å². The summed E-state index contributed by atoms with van der Waals surface area (Å²) < 4.78 is 0. The molecule has 3 aromatic rings. The van der Waals surface area contributed by atoms with E-state index in [1.54, 1.807) is 0 Å². The highest BCUT2D eigenvalue weighted by atomic mass is 32.2. The van der Waals surface area contributed by atoms with Crippen molar-refractivity contribution in [2.24, 2.45) is 10.1 Å². The van der Waals surface area contributed by atoms with E-state index in [4.69, 9.17) is 5.10 Å². The minimum atomic E-state index is -0.219. The first-order valence-electron chi connectivity index (χ1n) is 10.9. The molecule has 0 saturated heterocycles. The van der Waals surface area contributed by atoms with Crippen LogP contribution in [0.2, 0.25) is 0 Å². The Balaban J connectivity index is 1.48. The normalized spacial score (nSPS) is 19.1. The summed E-state index contributed by atoms with van der Waals surface area (Å²) in [6.45, 7) is 0. The lowest BCUT2D eigenvalue weighted by atomic mass is 9.98. The van der Waals surface area contributed by atoms with Crippen LogP contribution in [0.1, 0.15) is 29.2 Å². The molecule has 0 N–H and O–H groups in total. The number of carbonyl (C=O) groups is 1. The molecule has 0 aliphatic carbocycles. The van der Waals surface area contributed by atoms with Crippen LogP contribution < -0.4 is 4.90 Å². The number of hydrogen-bond donors (Lipinski definition) is 0. The number of rotatable bonds is 4. The lowest BCUT2D eigenvalue weighted by Crippen LogP contribution is -2.23. The molecule has 0 aromatic heterocycles. The summed E-state index contributed by atoms with van der Waals surface area (Å²) in [6, 6.07) is 28.5. The third-order valence-electron chi connectivity index (χ3n) is 5.71. The second-order valence-corrected chi connectivity index (χ2v) is 9.19. The molecule has 0 radical (unpaired) electrons. The Labute approximate surface area is 198 Å². The van der Waals surface area contributed by atoms with Crippen LogP contribution in [0.4, 0.5) is 5.69 Å². The molecule has 2 aliphatic heterocycles. The predicted molar refractivity (Wildman–Crippen MR) is 137 cm³/mol. The summed E-state index contributed by atoms with van der Waals surface area (Å²) in [6.07, 6.45) is 2.64. The highest BCUT2D eigenvalue weighted by Gasteiger charge is 2.36. The largest absolute Gasteiger partial charge is 0.378 e. The number of thioether (sulfide) groups is 1. The van der Waals surface area contributed by atoms with Crippen molar-refractivity contribution in [2.75, 3.05) is 19.0 Å². The minimum absolute atomic E-state index is 0.0217. The number of anilines is 1. The van der Waals surface area contributed by atoms with Crippen molar-refractivity contribution in [3.63, 3.8) is 0 Å². The van der Waals surface area contributed by atoms with Crippen LogP contribution in [-0.2, 0) is 4.79 Å². The average Bonchev–Trinajstić information content (AvgIpc) is 3.44. The number of amidine groups is 1. The molecule has 0 spiro atoms. The van der Waals surface area contributed by atoms with Crippen molar-refractivity contribution in [3.8, 4) is 0 Å². The molecule has 5 rings (SSSR count). The third kappa shape index (κ3) is 4.47. The van der Waals surface area contributed by atoms with Gasteiger partial charge in [-0.2, -0.15) is 10.1 Å². The van der Waals surface area contributed by atoms with Crippen molar-refractivity contribution in [1.82, 2.24) is 5.01 Å². The number of benzene rings is 3. The van der Waals surface area contributed by atoms with E-state index >= 15 is 0 Å². The second kappa shape index (κ2) is 9.08. The van der Waals surface area contributed by atoms with Crippen LogP contribution in [0.5, 0.6) is 0 Å². The van der Waals surface area contributed by atoms with Gasteiger partial charge in [-0.05, 0) is 46.7 Å². The molecule has 33 heavy (non-hydrogen) atoms. The van der Waals surface area contributed by atoms with Crippen LogP contribution in [0.25, 0.3) is 6.08 Å². The predicted octanol–water partition coefficient (Wildman–Crippen LogP) is 5.57. The highest BCUT2D eigenvalue weighted by molar-refractivity contribution is 8.18. The zero-order chi connectivity index (χ0) is 22.8. The summed E-state index contributed by atoms with van der Waals surface area (Å²) in [5, 5.41) is 7.48. The van der Waals surface area contributed by atoms with Crippen LogP contribution in [0, 0.1) is 0 Å². The number of amides is 1. The SMILES string of the molecule is CN(C)c1ccc(C2CC(c3ccccc3)=NN2C2=NC(=O)/C(=C/c3ccccc3)S2)cc1. The summed E-state index contributed by atoms with van der Waals surface area (Å²) in [5.74, 6) is -0.219. The molecule has 5 nitrogen and oxygen atoms in total. The van der Waals surface area contributed by atoms with E-state index in [-0.39, 0.29) is 11.9 Å². The van der Waals surface area contributed by atoms with Crippen molar-refractivity contribution < 1.29 is 4.79 Å². The van der Waals surface area contributed by atoms with Crippen LogP contribution in [-0.4, -0.2) is 35.9 Å². The number of hydrogen-bond acceptors (Lipinski definition) is 5. The van der Waals surface area contributed by atoms with Crippen LogP contribution in [0.15, 0.2) is 99.9 Å². The van der Waals surface area contributed by atoms with Gasteiger partial charge < -0.3 is 4.90 Å². The van der Waals surface area contributed by atoms with Gasteiger partial charge in [0.05, 0.1) is 16.7 Å². The van der Waals surface area contributed by atoms with Gasteiger partial charge in [0, 0.05) is 26.2 Å². The first kappa shape index (κ1) is 21.2. The molecule has 3 aromatic carbocycles. The Morgan fingerprint density at radius 2 is 1.61 bits per heavy atom. The summed E-state index contributed by atoms with van der Waals surface area (Å²) in [5.41, 5.74) is 5.35. The molecule has 0 bridgehead atoms. The molecule has 1 amide bonds. The quantitative estimate of drug-likeness (QED) is 0.485. The molecule has 0 fully saturated rings. The Morgan fingerprint density at radius 3 is 2.27 bits per heavy atom. The molecule has 6 heteroatoms. The van der Waals surface area contributed by atoms with Gasteiger partial charge in [-0.15, -0.1) is 0 Å². The van der Waals surface area contributed by atoms with Crippen molar-refractivity contribution in [2.45, 2.75) is 12.5 Å². The molecular weight excluding hydrogens is 428 g/mol. The van der Waals surface area contributed by atoms with Crippen LogP contribution >= 0.6 is 11.8 Å². The van der Waals surface area contributed by atoms with Gasteiger partial charge >= 0.3 is 0 Å². The second-order valence-electron chi connectivity index (χ2n) is 8.18. The molecule has 1 atom stereocenters. The first-order valence-corrected chi connectivity index (χ1v) is 11.7. The molecule has 0 saturated carbocycles. The number of nitrogens with zero attached hydrogens (tertiary/aromatic N) is 4. The van der Waals surface area contributed by atoms with E-state index in [2.05, 4.69) is 46.3 Å². The van der Waals surface area contributed by atoms with Gasteiger partial charge in [0.15, 0.2) is 5.17 Å². The summed E-state index contributed by atoms with van der Waals surface area (Å²) in [7, 11) is 4.06. The van der Waals surface area contributed by atoms with Gasteiger partial charge in [-0.1, -0.05) is 72.8 Å². The molecule has 1 unspecified atom stereocenters. The fourth-order valence-electron chi connectivity index (χ4n) is 3.94. The Hall–Kier alpha value is -3.64. The number of hydrazone groups is 1. The fraction of sp³-hybridized carbons (Fsp3) is 0.148. The van der Waals surface area contributed by atoms with E-state index in [0.717, 1.165) is 34.5 Å². The van der Waals surface area contributed by atoms with Crippen molar-refractivity contribution in [1.29, 1.82) is 0 Å². The van der Waals surface area contributed by atoms with Gasteiger partial charge in [-0.3, -0.25) is 4.79 Å². The first-order chi connectivity index (χ1) is 16.1. The zero-order valence-electron chi connectivity index (χ0n) is 18.6. The van der Waals surface area contributed by atoms with Gasteiger partial charge in [-0.25, -0.2) is 5.01 Å². The minimum Gasteiger partial charge on any atom is -0.378 e. The smallest absolute Gasteiger partial charge is 0.286 e. The molecule has 164 valence electrons. The van der Waals surface area contributed by atoms with E-state index in [0.29, 0.717) is 10.1 Å². The van der Waals surface area contributed by atoms with E-state index < -0.39 is 0 Å². The average molecular weight is 453 g/mol. The Kier molecular flexibility index (Phi) is 5.84. The lowest BCUT2D eigenvalue weighted by Gasteiger charge is -2.23. The standard InChI is InChI=1S/C27H24N4OS/c1-30(2)22-15-13-21(14-16-22)24-18-23(20-11-7-4-8-12-20)29-31(24)27-28-26(32)25(33-27)17-19-9-5-3-6-10-19/h3-17,24H,18H2,1-2H3/b25-17-. The maximum atomic E-state index is 12.7.